The predicted octanol–water partition coefficient (Wildman–Crippen LogP) is 5.47. The number of hydrogen-bond acceptors (Lipinski definition) is 5. The van der Waals surface area contributed by atoms with Gasteiger partial charge in [-0.15, -0.1) is 13.2 Å². The maximum atomic E-state index is 13.2. The van der Waals surface area contributed by atoms with Crippen LogP contribution in [0.15, 0.2) is 53.4 Å². The second kappa shape index (κ2) is 12.8. The predicted molar refractivity (Wildman–Crippen MR) is 136 cm³/mol. The van der Waals surface area contributed by atoms with Gasteiger partial charge in [-0.3, -0.25) is 4.79 Å². The van der Waals surface area contributed by atoms with E-state index < -0.39 is 34.4 Å². The average Bonchev–Trinajstić information content (AvgIpc) is 2.83. The maximum Gasteiger partial charge on any atom is 0.573 e. The van der Waals surface area contributed by atoms with Gasteiger partial charge in [0.25, 0.3) is 0 Å². The summed E-state index contributed by atoms with van der Waals surface area (Å²) >= 11 is 5.96. The van der Waals surface area contributed by atoms with Gasteiger partial charge in [-0.1, -0.05) is 49.8 Å². The van der Waals surface area contributed by atoms with Crippen LogP contribution in [-0.4, -0.2) is 39.3 Å². The normalized spacial score (nSPS) is 16.6. The fourth-order valence-electron chi connectivity index (χ4n) is 4.29. The van der Waals surface area contributed by atoms with E-state index in [2.05, 4.69) is 20.1 Å². The molecule has 204 valence electrons. The molecule has 1 fully saturated rings. The third-order valence-corrected chi connectivity index (χ3v) is 7.81. The number of anilines is 1. The molecule has 2 atom stereocenters. The summed E-state index contributed by atoms with van der Waals surface area (Å²) < 4.78 is 69.4. The fraction of sp³-hybridized carbons (Fsp3) is 0.480. The molecule has 1 aliphatic carbocycles. The van der Waals surface area contributed by atoms with Crippen LogP contribution in [0.25, 0.3) is 0 Å². The van der Waals surface area contributed by atoms with Gasteiger partial charge in [-0.25, -0.2) is 8.42 Å². The van der Waals surface area contributed by atoms with Gasteiger partial charge in [0.2, 0.25) is 15.9 Å². The summed E-state index contributed by atoms with van der Waals surface area (Å²) in [4.78, 5) is 13.2. The maximum absolute atomic E-state index is 13.2. The van der Waals surface area contributed by atoms with Crippen LogP contribution in [0.2, 0.25) is 5.02 Å². The van der Waals surface area contributed by atoms with Crippen molar-refractivity contribution in [2.24, 2.45) is 5.92 Å². The van der Waals surface area contributed by atoms with Crippen molar-refractivity contribution in [3.63, 3.8) is 0 Å². The van der Waals surface area contributed by atoms with Gasteiger partial charge in [0.05, 0.1) is 4.90 Å². The second-order valence-corrected chi connectivity index (χ2v) is 11.4. The lowest BCUT2D eigenvalue weighted by Gasteiger charge is -2.27. The first-order valence-corrected chi connectivity index (χ1v) is 14.0. The van der Waals surface area contributed by atoms with Crippen molar-refractivity contribution in [3.8, 4) is 5.75 Å². The van der Waals surface area contributed by atoms with E-state index in [4.69, 9.17) is 11.6 Å². The van der Waals surface area contributed by atoms with Gasteiger partial charge in [0.15, 0.2) is 0 Å². The summed E-state index contributed by atoms with van der Waals surface area (Å²) in [6.07, 6.45) is 0.720. The minimum atomic E-state index is -4.77. The van der Waals surface area contributed by atoms with E-state index in [0.717, 1.165) is 32.1 Å². The zero-order chi connectivity index (χ0) is 27.1. The number of halogens is 4. The van der Waals surface area contributed by atoms with Gasteiger partial charge in [-0.05, 0) is 61.7 Å². The van der Waals surface area contributed by atoms with Gasteiger partial charge >= 0.3 is 6.36 Å². The highest BCUT2D eigenvalue weighted by atomic mass is 35.5. The summed E-state index contributed by atoms with van der Waals surface area (Å²) in [5, 5.41) is 6.15. The molecule has 1 saturated carbocycles. The zero-order valence-corrected chi connectivity index (χ0v) is 21.9. The molecule has 1 aliphatic rings. The first kappa shape index (κ1) is 29.1. The summed E-state index contributed by atoms with van der Waals surface area (Å²) in [5.41, 5.74) is 0.538. The zero-order valence-electron chi connectivity index (χ0n) is 20.4. The number of rotatable bonds is 11. The Morgan fingerprint density at radius 3 is 2.41 bits per heavy atom. The van der Waals surface area contributed by atoms with Crippen LogP contribution in [0, 0.1) is 5.92 Å². The lowest BCUT2D eigenvalue weighted by molar-refractivity contribution is -0.274. The number of nitrogens with one attached hydrogen (secondary N) is 3. The quantitative estimate of drug-likeness (QED) is 0.338. The van der Waals surface area contributed by atoms with E-state index >= 15 is 0 Å². The molecule has 1 amide bonds. The van der Waals surface area contributed by atoms with Crippen LogP contribution in [0.3, 0.4) is 0 Å². The van der Waals surface area contributed by atoms with Gasteiger partial charge in [-0.2, -0.15) is 4.72 Å². The van der Waals surface area contributed by atoms with E-state index in [1.807, 2.05) is 0 Å². The van der Waals surface area contributed by atoms with Gasteiger partial charge < -0.3 is 15.4 Å². The first-order chi connectivity index (χ1) is 17.4. The number of carbonyl (C=O) groups is 1. The van der Waals surface area contributed by atoms with Crippen LogP contribution in [0.1, 0.15) is 45.4 Å². The minimum Gasteiger partial charge on any atom is -0.406 e. The number of alkyl halides is 3. The Balaban J connectivity index is 1.62. The fourth-order valence-corrected chi connectivity index (χ4v) is 5.80. The van der Waals surface area contributed by atoms with Crippen LogP contribution < -0.4 is 20.1 Å². The second-order valence-electron chi connectivity index (χ2n) is 9.23. The SMILES string of the molecule is CC(CNc1ccc(OC(F)(F)F)cc1)NC(=O)C(CC1CCCCC1)NS(=O)(=O)c1cccc(Cl)c1. The number of hydrogen-bond donors (Lipinski definition) is 3. The van der Waals surface area contributed by atoms with Crippen molar-refractivity contribution in [3.05, 3.63) is 53.6 Å². The van der Waals surface area contributed by atoms with Crippen LogP contribution >= 0.6 is 11.6 Å². The Hall–Kier alpha value is -2.50. The van der Waals surface area contributed by atoms with Crippen LogP contribution in [-0.2, 0) is 14.8 Å². The highest BCUT2D eigenvalue weighted by molar-refractivity contribution is 7.89. The summed E-state index contributed by atoms with van der Waals surface area (Å²) in [5.74, 6) is -0.547. The molecular weight excluding hydrogens is 531 g/mol. The number of benzene rings is 2. The highest BCUT2D eigenvalue weighted by Gasteiger charge is 2.31. The molecule has 0 saturated heterocycles. The molecule has 2 aromatic carbocycles. The molecule has 2 aromatic rings. The van der Waals surface area contributed by atoms with E-state index in [9.17, 15) is 26.4 Å². The number of carbonyl (C=O) groups excluding carboxylic acids is 1. The number of amides is 1. The Morgan fingerprint density at radius 2 is 1.78 bits per heavy atom. The summed E-state index contributed by atoms with van der Waals surface area (Å²) in [6.45, 7) is 2.01. The van der Waals surface area contributed by atoms with Crippen molar-refractivity contribution in [2.75, 3.05) is 11.9 Å². The largest absolute Gasteiger partial charge is 0.573 e. The smallest absolute Gasteiger partial charge is 0.406 e. The molecular formula is C25H31ClF3N3O4S. The summed E-state index contributed by atoms with van der Waals surface area (Å²) in [6, 6.07) is 9.71. The van der Waals surface area contributed by atoms with Gasteiger partial charge in [0, 0.05) is 23.3 Å². The van der Waals surface area contributed by atoms with Crippen molar-refractivity contribution in [2.45, 2.75) is 68.8 Å². The lowest BCUT2D eigenvalue weighted by atomic mass is 9.85. The van der Waals surface area contributed by atoms with Crippen LogP contribution in [0.5, 0.6) is 5.75 Å². The standard InChI is InChI=1S/C25H31ClF3N3O4S/c1-17(16-30-20-10-12-21(13-11-20)36-25(27,28)29)31-24(33)23(14-18-6-3-2-4-7-18)32-37(34,35)22-9-5-8-19(26)15-22/h5,8-13,15,17-18,23,30,32H,2-4,6-7,14,16H2,1H3,(H,31,33). The molecule has 0 aromatic heterocycles. The third kappa shape index (κ3) is 9.71. The molecule has 0 radical (unpaired) electrons. The van der Waals surface area contributed by atoms with E-state index in [-0.39, 0.29) is 28.1 Å². The Labute approximate surface area is 220 Å². The Morgan fingerprint density at radius 1 is 1.11 bits per heavy atom. The van der Waals surface area contributed by atoms with Gasteiger partial charge in [0.1, 0.15) is 11.8 Å². The van der Waals surface area contributed by atoms with E-state index in [0.29, 0.717) is 12.1 Å². The minimum absolute atomic E-state index is 0.0193. The molecule has 7 nitrogen and oxygen atoms in total. The molecule has 0 spiro atoms. The van der Waals surface area contributed by atoms with E-state index in [1.165, 1.54) is 42.5 Å². The molecule has 37 heavy (non-hydrogen) atoms. The molecule has 0 bridgehead atoms. The summed E-state index contributed by atoms with van der Waals surface area (Å²) in [7, 11) is -3.99. The monoisotopic (exact) mass is 561 g/mol. The molecule has 3 rings (SSSR count). The molecule has 3 N–H and O–H groups in total. The molecule has 0 aliphatic heterocycles. The van der Waals surface area contributed by atoms with Crippen molar-refractivity contribution in [1.82, 2.24) is 10.0 Å². The highest BCUT2D eigenvalue weighted by Crippen LogP contribution is 2.28. The Kier molecular flexibility index (Phi) is 10.1. The molecule has 12 heteroatoms. The molecule has 0 heterocycles. The Bertz CT molecular complexity index is 1140. The molecule has 2 unspecified atom stereocenters. The first-order valence-electron chi connectivity index (χ1n) is 12.1. The van der Waals surface area contributed by atoms with Crippen molar-refractivity contribution in [1.29, 1.82) is 0 Å². The number of ether oxygens (including phenoxy) is 1. The lowest BCUT2D eigenvalue weighted by Crippen LogP contribution is -2.51. The average molecular weight is 562 g/mol. The van der Waals surface area contributed by atoms with Crippen molar-refractivity contribution >= 4 is 33.2 Å². The third-order valence-electron chi connectivity index (χ3n) is 6.10. The topological polar surface area (TPSA) is 96.5 Å². The number of sulfonamides is 1. The van der Waals surface area contributed by atoms with E-state index in [1.54, 1.807) is 13.0 Å². The van der Waals surface area contributed by atoms with Crippen molar-refractivity contribution < 1.29 is 31.1 Å². The van der Waals surface area contributed by atoms with Crippen LogP contribution in [0.4, 0.5) is 18.9 Å².